The first-order valence-electron chi connectivity index (χ1n) is 12.2. The minimum absolute atomic E-state index is 0.134. The minimum Gasteiger partial charge on any atom is -0.325 e. The molecule has 27 heavy (non-hydrogen) atoms. The van der Waals surface area contributed by atoms with Crippen LogP contribution in [0.25, 0.3) is 0 Å². The van der Waals surface area contributed by atoms with Gasteiger partial charge in [-0.05, 0) is 32.1 Å². The van der Waals surface area contributed by atoms with Crippen LogP contribution >= 0.6 is 7.37 Å². The van der Waals surface area contributed by atoms with Crippen molar-refractivity contribution in [2.24, 2.45) is 5.92 Å². The highest BCUT2D eigenvalue weighted by Gasteiger charge is 2.34. The highest BCUT2D eigenvalue weighted by molar-refractivity contribution is 7.59. The van der Waals surface area contributed by atoms with Crippen LogP contribution in [0, 0.1) is 5.92 Å². The average molecular weight is 403 g/mol. The van der Waals surface area contributed by atoms with Crippen molar-refractivity contribution in [3.05, 3.63) is 0 Å². The fraction of sp³-hybridized carbons (Fsp3) is 1.00. The first kappa shape index (κ1) is 27.2. The second kappa shape index (κ2) is 17.1. The zero-order valence-electron chi connectivity index (χ0n) is 19.6. The van der Waals surface area contributed by atoms with E-state index in [0.29, 0.717) is 5.92 Å². The van der Waals surface area contributed by atoms with E-state index >= 15 is 0 Å². The average Bonchev–Trinajstić information content (AvgIpc) is 2.65. The molecule has 164 valence electrons. The maximum absolute atomic E-state index is 14.0. The van der Waals surface area contributed by atoms with Crippen molar-refractivity contribution >= 4 is 7.37 Å². The van der Waals surface area contributed by atoms with Gasteiger partial charge in [0.2, 0.25) is 7.37 Å². The van der Waals surface area contributed by atoms with E-state index in [1.807, 2.05) is 0 Å². The Bertz CT molecular complexity index is 369. The highest BCUT2D eigenvalue weighted by Crippen LogP contribution is 2.56. The third kappa shape index (κ3) is 13.1. The number of hydrogen-bond donors (Lipinski definition) is 0. The van der Waals surface area contributed by atoms with E-state index in [9.17, 15) is 4.57 Å². The number of unbranched alkanes of at least 4 members (excludes halogenated alkanes) is 7. The summed E-state index contributed by atoms with van der Waals surface area (Å²) in [5.41, 5.74) is 0.211. The summed E-state index contributed by atoms with van der Waals surface area (Å²) in [6.45, 7) is 13.3. The van der Waals surface area contributed by atoms with E-state index in [1.54, 1.807) is 0 Å². The molecule has 0 radical (unpaired) electrons. The Labute approximate surface area is 172 Å². The molecular weight excluding hydrogens is 351 g/mol. The molecule has 0 spiro atoms. The van der Waals surface area contributed by atoms with Gasteiger partial charge < -0.3 is 4.52 Å². The van der Waals surface area contributed by atoms with Gasteiger partial charge in [0.25, 0.3) is 0 Å². The summed E-state index contributed by atoms with van der Waals surface area (Å²) < 4.78 is 20.4. The molecule has 0 aliphatic heterocycles. The quantitative estimate of drug-likeness (QED) is 0.159. The van der Waals surface area contributed by atoms with Gasteiger partial charge in [-0.25, -0.2) is 0 Å². The molecule has 0 bridgehead atoms. The van der Waals surface area contributed by atoms with Gasteiger partial charge in [0.05, 0.1) is 6.10 Å². The topological polar surface area (TPSA) is 26.3 Å². The lowest BCUT2D eigenvalue weighted by Crippen LogP contribution is -2.19. The van der Waals surface area contributed by atoms with Crippen molar-refractivity contribution in [2.45, 2.75) is 143 Å². The van der Waals surface area contributed by atoms with Crippen molar-refractivity contribution < 1.29 is 9.09 Å². The maximum atomic E-state index is 14.0. The van der Waals surface area contributed by atoms with E-state index in [0.717, 1.165) is 25.4 Å². The fourth-order valence-electron chi connectivity index (χ4n) is 3.88. The van der Waals surface area contributed by atoms with Crippen LogP contribution in [-0.4, -0.2) is 17.9 Å². The first-order chi connectivity index (χ1) is 12.9. The molecule has 0 N–H and O–H groups in total. The van der Waals surface area contributed by atoms with E-state index in [2.05, 4.69) is 41.5 Å². The van der Waals surface area contributed by atoms with Gasteiger partial charge in [0, 0.05) is 11.8 Å². The van der Waals surface area contributed by atoms with Crippen LogP contribution in [0.1, 0.15) is 131 Å². The van der Waals surface area contributed by atoms with Crippen LogP contribution in [0.5, 0.6) is 0 Å². The van der Waals surface area contributed by atoms with Crippen LogP contribution in [0.4, 0.5) is 0 Å². The molecule has 0 aliphatic carbocycles. The molecule has 4 unspecified atom stereocenters. The van der Waals surface area contributed by atoms with Crippen molar-refractivity contribution in [2.75, 3.05) is 6.16 Å². The summed E-state index contributed by atoms with van der Waals surface area (Å²) in [5, 5.41) is 0. The third-order valence-corrected chi connectivity index (χ3v) is 9.37. The zero-order chi connectivity index (χ0) is 20.5. The molecule has 0 amide bonds. The highest BCUT2D eigenvalue weighted by atomic mass is 31.2. The van der Waals surface area contributed by atoms with Gasteiger partial charge in [-0.3, -0.25) is 4.57 Å². The molecule has 0 rings (SSSR count). The van der Waals surface area contributed by atoms with Crippen LogP contribution < -0.4 is 0 Å². The van der Waals surface area contributed by atoms with Gasteiger partial charge in [-0.1, -0.05) is 105 Å². The third-order valence-electron chi connectivity index (χ3n) is 6.03. The first-order valence-corrected chi connectivity index (χ1v) is 14.1. The van der Waals surface area contributed by atoms with Gasteiger partial charge in [0.15, 0.2) is 0 Å². The molecule has 0 aromatic heterocycles. The van der Waals surface area contributed by atoms with Gasteiger partial charge in [0.1, 0.15) is 0 Å². The minimum atomic E-state index is -2.58. The summed E-state index contributed by atoms with van der Waals surface area (Å²) in [6, 6.07) is 0. The SMILES string of the molecule is CCCCCCC(C)OP(=O)(CC(CC)CCCC)C(C)CCCCCC. The van der Waals surface area contributed by atoms with E-state index in [4.69, 9.17) is 4.52 Å². The van der Waals surface area contributed by atoms with Crippen LogP contribution in [0.2, 0.25) is 0 Å². The second-order valence-electron chi connectivity index (χ2n) is 8.79. The summed E-state index contributed by atoms with van der Waals surface area (Å²) in [5.74, 6) is 0.557. The molecule has 0 saturated carbocycles. The lowest BCUT2D eigenvalue weighted by molar-refractivity contribution is 0.201. The molecule has 0 aromatic carbocycles. The van der Waals surface area contributed by atoms with Crippen LogP contribution in [0.3, 0.4) is 0 Å². The molecule has 0 saturated heterocycles. The molecule has 4 atom stereocenters. The van der Waals surface area contributed by atoms with Crippen LogP contribution in [-0.2, 0) is 9.09 Å². The Kier molecular flexibility index (Phi) is 17.2. The lowest BCUT2D eigenvalue weighted by Gasteiger charge is -2.31. The van der Waals surface area contributed by atoms with Crippen LogP contribution in [0.15, 0.2) is 0 Å². The lowest BCUT2D eigenvalue weighted by atomic mass is 10.0. The molecule has 0 aliphatic rings. The Morgan fingerprint density at radius 2 is 1.26 bits per heavy atom. The fourth-order valence-corrected chi connectivity index (χ4v) is 6.99. The Hall–Kier alpha value is 0.190. The molecule has 0 fully saturated rings. The smallest absolute Gasteiger partial charge is 0.206 e. The molecular formula is C24H51O2P. The predicted octanol–water partition coefficient (Wildman–Crippen LogP) is 9.22. The molecule has 0 aromatic rings. The number of rotatable bonds is 19. The molecule has 0 heterocycles. The summed E-state index contributed by atoms with van der Waals surface area (Å²) in [6.07, 6.45) is 17.9. The monoisotopic (exact) mass is 402 g/mol. The van der Waals surface area contributed by atoms with E-state index in [1.165, 1.54) is 70.6 Å². The predicted molar refractivity (Wildman–Crippen MR) is 123 cm³/mol. The summed E-state index contributed by atoms with van der Waals surface area (Å²) in [7, 11) is -2.58. The normalized spacial score (nSPS) is 17.4. The zero-order valence-corrected chi connectivity index (χ0v) is 20.5. The maximum Gasteiger partial charge on any atom is 0.206 e. The van der Waals surface area contributed by atoms with Crippen molar-refractivity contribution in [1.29, 1.82) is 0 Å². The number of hydrogen-bond acceptors (Lipinski definition) is 2. The Morgan fingerprint density at radius 1 is 0.704 bits per heavy atom. The Balaban J connectivity index is 4.86. The van der Waals surface area contributed by atoms with Gasteiger partial charge in [-0.15, -0.1) is 0 Å². The Morgan fingerprint density at radius 3 is 1.78 bits per heavy atom. The molecule has 3 heteroatoms. The standard InChI is InChI=1S/C24H51O2P/c1-7-11-14-16-18-22(5)26-27(25,21-24(10-4)20-13-9-3)23(6)19-17-15-12-8-2/h22-24H,7-21H2,1-6H3. The van der Waals surface area contributed by atoms with Crippen molar-refractivity contribution in [3.63, 3.8) is 0 Å². The summed E-state index contributed by atoms with van der Waals surface area (Å²) in [4.78, 5) is 0. The molecule has 2 nitrogen and oxygen atoms in total. The van der Waals surface area contributed by atoms with Crippen molar-refractivity contribution in [1.82, 2.24) is 0 Å². The van der Waals surface area contributed by atoms with E-state index < -0.39 is 7.37 Å². The second-order valence-corrected chi connectivity index (χ2v) is 11.7. The van der Waals surface area contributed by atoms with Gasteiger partial charge >= 0.3 is 0 Å². The van der Waals surface area contributed by atoms with Gasteiger partial charge in [-0.2, -0.15) is 0 Å². The van der Waals surface area contributed by atoms with Crippen molar-refractivity contribution in [3.8, 4) is 0 Å². The van der Waals surface area contributed by atoms with E-state index in [-0.39, 0.29) is 11.8 Å². The summed E-state index contributed by atoms with van der Waals surface area (Å²) >= 11 is 0. The largest absolute Gasteiger partial charge is 0.325 e.